The van der Waals surface area contributed by atoms with Crippen molar-refractivity contribution >= 4 is 28.6 Å². The van der Waals surface area contributed by atoms with Crippen LogP contribution in [-0.4, -0.2) is 93.9 Å². The van der Waals surface area contributed by atoms with E-state index in [0.29, 0.717) is 12.0 Å². The number of rotatable bonds is 13. The van der Waals surface area contributed by atoms with Crippen LogP contribution in [0.15, 0.2) is 41.5 Å². The second kappa shape index (κ2) is 15.3. The largest absolute Gasteiger partial charge is 0.455 e. The van der Waals surface area contributed by atoms with Crippen molar-refractivity contribution in [2.45, 2.75) is 193 Å². The summed E-state index contributed by atoms with van der Waals surface area (Å²) in [6.07, 6.45) is -3.34. The van der Waals surface area contributed by atoms with E-state index in [1.54, 1.807) is 24.3 Å². The van der Waals surface area contributed by atoms with Gasteiger partial charge in [-0.25, -0.2) is 4.79 Å². The number of fused-ring (bicyclic) bond motifs is 8. The molecule has 3 aliphatic carbocycles. The van der Waals surface area contributed by atoms with Gasteiger partial charge in [-0.05, 0) is 80.3 Å². The highest BCUT2D eigenvalue weighted by molar-refractivity contribution is 6.74. The summed E-state index contributed by atoms with van der Waals surface area (Å²) in [5.41, 5.74) is -2.73. The third-order valence-electron chi connectivity index (χ3n) is 15.5. The second-order valence-electron chi connectivity index (χ2n) is 18.6. The van der Waals surface area contributed by atoms with Crippen LogP contribution in [0.1, 0.15) is 113 Å². The zero-order valence-corrected chi connectivity index (χ0v) is 38.4. The van der Waals surface area contributed by atoms with Crippen LogP contribution in [0.5, 0.6) is 0 Å². The van der Waals surface area contributed by atoms with Crippen molar-refractivity contribution in [3.8, 4) is 0 Å². The molecule has 1 N–H and O–H groups in total. The molecule has 2 bridgehead atoms. The van der Waals surface area contributed by atoms with Crippen molar-refractivity contribution in [3.63, 3.8) is 0 Å². The van der Waals surface area contributed by atoms with E-state index < -0.39 is 98.9 Å². The van der Waals surface area contributed by atoms with Crippen LogP contribution in [0.3, 0.4) is 0 Å². The molecular formula is C44H70O10Si2. The van der Waals surface area contributed by atoms with E-state index in [0.717, 1.165) is 47.4 Å². The number of carbonyl (C=O) groups is 2. The smallest absolute Gasteiger partial charge is 0.338 e. The molecular weight excluding hydrogens is 745 g/mol. The van der Waals surface area contributed by atoms with Crippen molar-refractivity contribution in [2.24, 2.45) is 16.7 Å². The van der Waals surface area contributed by atoms with Crippen molar-refractivity contribution in [1.82, 2.24) is 0 Å². The summed E-state index contributed by atoms with van der Waals surface area (Å²) in [6, 6.07) is 14.5. The van der Waals surface area contributed by atoms with Crippen LogP contribution in [0, 0.1) is 16.7 Å². The average Bonchev–Trinajstić information content (AvgIpc) is 3.48. The highest BCUT2D eigenvalue weighted by Gasteiger charge is 2.80. The van der Waals surface area contributed by atoms with Gasteiger partial charge in [0.2, 0.25) is 0 Å². The lowest BCUT2D eigenvalue weighted by molar-refractivity contribution is -0.361. The van der Waals surface area contributed by atoms with E-state index in [2.05, 4.69) is 55.4 Å². The molecule has 6 rings (SSSR count). The Hall–Kier alpha value is -1.91. The summed E-state index contributed by atoms with van der Waals surface area (Å²) < 4.78 is 49.2. The number of aliphatic hydroxyl groups is 1. The minimum Gasteiger partial charge on any atom is -0.455 e. The fraction of sp³-hybridized carbons (Fsp3) is 0.773. The van der Waals surface area contributed by atoms with Crippen molar-refractivity contribution in [2.75, 3.05) is 6.61 Å². The Balaban J connectivity index is 1.71. The first-order valence-electron chi connectivity index (χ1n) is 21.4. The predicted octanol–water partition coefficient (Wildman–Crippen LogP) is 8.73. The third kappa shape index (κ3) is 6.64. The summed E-state index contributed by atoms with van der Waals surface area (Å²) in [4.78, 5) is 28.0. The monoisotopic (exact) mass is 814 g/mol. The van der Waals surface area contributed by atoms with Gasteiger partial charge in [-0.2, -0.15) is 0 Å². The molecule has 0 aromatic heterocycles. The average molecular weight is 815 g/mol. The molecule has 314 valence electrons. The number of carbonyl (C=O) groups excluding carboxylic acids is 2. The summed E-state index contributed by atoms with van der Waals surface area (Å²) in [7, 11) is -4.58. The summed E-state index contributed by atoms with van der Waals surface area (Å²) in [6.45, 7) is 27.0. The van der Waals surface area contributed by atoms with Crippen molar-refractivity contribution in [3.05, 3.63) is 47.0 Å². The van der Waals surface area contributed by atoms with Gasteiger partial charge in [0, 0.05) is 30.6 Å². The van der Waals surface area contributed by atoms with Gasteiger partial charge in [-0.3, -0.25) is 4.79 Å². The molecule has 0 amide bonds. The molecule has 1 aromatic rings. The minimum absolute atomic E-state index is 0.0822. The quantitative estimate of drug-likeness (QED) is 0.118. The fourth-order valence-electron chi connectivity index (χ4n) is 11.6. The first-order valence-corrected chi connectivity index (χ1v) is 26.5. The maximum Gasteiger partial charge on any atom is 0.338 e. The zero-order valence-electron chi connectivity index (χ0n) is 36.4. The van der Waals surface area contributed by atoms with Crippen molar-refractivity contribution < 1.29 is 47.2 Å². The van der Waals surface area contributed by atoms with Crippen molar-refractivity contribution in [1.29, 1.82) is 0 Å². The second-order valence-corrected chi connectivity index (χ2v) is 28.1. The molecule has 2 aliphatic heterocycles. The van der Waals surface area contributed by atoms with Crippen LogP contribution in [-0.2, 0) is 37.3 Å². The lowest BCUT2D eigenvalue weighted by Crippen LogP contribution is -2.82. The SMILES string of the molecule is CC[Si](CC)(CC)OC1CC2(O)C(OC(=O)c3ccccc3)C3C4(OC(C)=O)COC4CC(O[Si](CC)(CC)CC)[C@@]3(C)C3OC(C)(C)OC3C(=C1C)C2(C)C. The Morgan fingerprint density at radius 2 is 1.43 bits per heavy atom. The minimum atomic E-state index is -2.32. The first kappa shape index (κ1) is 43.7. The summed E-state index contributed by atoms with van der Waals surface area (Å²) in [5.74, 6) is -2.88. The standard InChI is InChI=1S/C44H70O10Si2/c1-14-55(15-2,16-3)53-31-26-44(47)38(49-39(46)30-23-21-20-22-24-30)36-42(13,37-35(51-41(11,12)52-37)34(28(31)7)40(44,9)10)32(54-56(17-4,18-5)19-6)25-33-43(36,27-48-33)50-29(8)45/h20-24,31-33,35-38,47H,14-19,25-27H2,1-13H3/t31?,32?,33?,35?,36?,37?,38?,42-,43?,44?/m1/s1. The molecule has 4 fully saturated rings. The molecule has 12 heteroatoms. The molecule has 10 nitrogen and oxygen atoms in total. The van der Waals surface area contributed by atoms with Crippen LogP contribution >= 0.6 is 0 Å². The van der Waals surface area contributed by atoms with Crippen LogP contribution < -0.4 is 0 Å². The molecule has 2 heterocycles. The molecule has 2 saturated heterocycles. The highest BCUT2D eigenvalue weighted by Crippen LogP contribution is 2.68. The normalized spacial score (nSPS) is 37.3. The fourth-order valence-corrected chi connectivity index (χ4v) is 17.5. The number of esters is 2. The molecule has 5 aliphatic rings. The molecule has 0 spiro atoms. The number of benzene rings is 1. The van der Waals surface area contributed by atoms with Crippen LogP contribution in [0.4, 0.5) is 0 Å². The van der Waals surface area contributed by atoms with E-state index in [9.17, 15) is 14.7 Å². The Morgan fingerprint density at radius 1 is 0.857 bits per heavy atom. The predicted molar refractivity (Wildman–Crippen MR) is 220 cm³/mol. The Morgan fingerprint density at radius 3 is 1.95 bits per heavy atom. The Labute approximate surface area is 338 Å². The van der Waals surface area contributed by atoms with E-state index in [1.807, 2.05) is 33.8 Å². The lowest BCUT2D eigenvalue weighted by Gasteiger charge is -2.70. The third-order valence-corrected chi connectivity index (χ3v) is 24.8. The number of ether oxygens (including phenoxy) is 5. The Bertz CT molecular complexity index is 1640. The van der Waals surface area contributed by atoms with Gasteiger partial charge in [-0.1, -0.05) is 80.5 Å². The zero-order chi connectivity index (χ0) is 41.3. The summed E-state index contributed by atoms with van der Waals surface area (Å²) >= 11 is 0. The molecule has 1 aromatic carbocycles. The van der Waals surface area contributed by atoms with E-state index in [-0.39, 0.29) is 13.0 Å². The van der Waals surface area contributed by atoms with Crippen LogP contribution in [0.2, 0.25) is 36.3 Å². The maximum atomic E-state index is 14.6. The van der Waals surface area contributed by atoms with Gasteiger partial charge >= 0.3 is 11.9 Å². The maximum absolute atomic E-state index is 14.6. The summed E-state index contributed by atoms with van der Waals surface area (Å²) in [5, 5.41) is 14.1. The number of hydrogen-bond donors (Lipinski definition) is 1. The molecule has 9 unspecified atom stereocenters. The highest BCUT2D eigenvalue weighted by atomic mass is 28.4. The van der Waals surface area contributed by atoms with Gasteiger partial charge in [0.25, 0.3) is 0 Å². The lowest BCUT2D eigenvalue weighted by atomic mass is 9.44. The topological polar surface area (TPSA) is 119 Å². The molecule has 0 radical (unpaired) electrons. The first-order chi connectivity index (χ1) is 26.2. The molecule has 10 atom stereocenters. The Kier molecular flexibility index (Phi) is 11.9. The van der Waals surface area contributed by atoms with Gasteiger partial charge in [0.05, 0.1) is 36.4 Å². The van der Waals surface area contributed by atoms with Gasteiger partial charge in [0.15, 0.2) is 28.0 Å². The number of hydrogen-bond acceptors (Lipinski definition) is 10. The van der Waals surface area contributed by atoms with Gasteiger partial charge < -0.3 is 37.6 Å². The van der Waals surface area contributed by atoms with Crippen LogP contribution in [0.25, 0.3) is 0 Å². The van der Waals surface area contributed by atoms with Gasteiger partial charge in [-0.15, -0.1) is 0 Å². The molecule has 2 saturated carbocycles. The van der Waals surface area contributed by atoms with Gasteiger partial charge in [0.1, 0.15) is 23.9 Å². The van der Waals surface area contributed by atoms with E-state index >= 15 is 0 Å². The molecule has 56 heavy (non-hydrogen) atoms. The van der Waals surface area contributed by atoms with E-state index in [1.165, 1.54) is 6.92 Å². The van der Waals surface area contributed by atoms with E-state index in [4.69, 9.17) is 32.5 Å².